The lowest BCUT2D eigenvalue weighted by Gasteiger charge is -2.11. The highest BCUT2D eigenvalue weighted by Gasteiger charge is 2.29. The van der Waals surface area contributed by atoms with E-state index in [1.165, 1.54) is 41.2 Å². The first-order valence-electron chi connectivity index (χ1n) is 8.83. The monoisotopic (exact) mass is 453 g/mol. The summed E-state index contributed by atoms with van der Waals surface area (Å²) in [4.78, 5) is 26.1. The Balaban J connectivity index is 1.93. The van der Waals surface area contributed by atoms with Gasteiger partial charge in [-0.2, -0.15) is 18.2 Å². The molecule has 0 aliphatic rings. The van der Waals surface area contributed by atoms with Crippen molar-refractivity contribution in [3.8, 4) is 0 Å². The Hall–Kier alpha value is -2.53. The molecule has 0 bridgehead atoms. The van der Waals surface area contributed by atoms with Gasteiger partial charge in [0, 0.05) is 17.3 Å². The fourth-order valence-electron chi connectivity index (χ4n) is 2.66. The number of halogens is 3. The molecule has 0 radical (unpaired) electrons. The molecular weight excluding hydrogens is 435 g/mol. The van der Waals surface area contributed by atoms with Gasteiger partial charge in [0.25, 0.3) is 0 Å². The van der Waals surface area contributed by atoms with Crippen LogP contribution < -0.4 is 4.90 Å². The smallest absolute Gasteiger partial charge is 0.278 e. The molecule has 0 fully saturated rings. The predicted molar refractivity (Wildman–Crippen MR) is 114 cm³/mol. The lowest BCUT2D eigenvalue weighted by atomic mass is 10.2. The number of aryl methyl sites for hydroxylation is 2. The van der Waals surface area contributed by atoms with Gasteiger partial charge in [-0.15, -0.1) is 11.8 Å². The minimum absolute atomic E-state index is 0.0784. The molecule has 0 aliphatic heterocycles. The maximum Gasteiger partial charge on any atom is 0.446 e. The van der Waals surface area contributed by atoms with Crippen LogP contribution in [-0.2, 0) is 4.79 Å². The lowest BCUT2D eigenvalue weighted by molar-refractivity contribution is -0.106. The molecule has 0 saturated carbocycles. The highest BCUT2D eigenvalue weighted by molar-refractivity contribution is 8.00. The van der Waals surface area contributed by atoms with E-state index in [0.29, 0.717) is 29.3 Å². The molecule has 0 unspecified atom stereocenters. The number of hydrogen-bond donors (Lipinski definition) is 0. The number of amides is 1. The summed E-state index contributed by atoms with van der Waals surface area (Å²) in [6.45, 7) is 5.56. The normalized spacial score (nSPS) is 12.1. The zero-order valence-corrected chi connectivity index (χ0v) is 18.0. The predicted octanol–water partition coefficient (Wildman–Crippen LogP) is 5.39. The van der Waals surface area contributed by atoms with E-state index in [2.05, 4.69) is 15.0 Å². The molecule has 0 N–H and O–H groups in total. The summed E-state index contributed by atoms with van der Waals surface area (Å²) in [5.74, 6) is 1.60. The number of hydrogen-bond acceptors (Lipinski definition) is 6. The third-order valence-electron chi connectivity index (χ3n) is 3.91. The third-order valence-corrected chi connectivity index (χ3v) is 5.57. The topological polar surface area (TPSA) is 62.9 Å². The molecule has 0 saturated heterocycles. The van der Waals surface area contributed by atoms with E-state index in [1.54, 1.807) is 13.1 Å². The van der Waals surface area contributed by atoms with Crippen LogP contribution in [0.15, 0.2) is 45.5 Å². The van der Waals surface area contributed by atoms with Gasteiger partial charge >= 0.3 is 5.51 Å². The summed E-state index contributed by atoms with van der Waals surface area (Å²) in [5.41, 5.74) is -2.39. The van der Waals surface area contributed by atoms with Gasteiger partial charge < -0.3 is 0 Å². The Kier molecular flexibility index (Phi) is 6.71. The van der Waals surface area contributed by atoms with E-state index in [-0.39, 0.29) is 16.7 Å². The van der Waals surface area contributed by atoms with Crippen LogP contribution in [0.25, 0.3) is 5.78 Å². The highest BCUT2D eigenvalue weighted by atomic mass is 32.2. The van der Waals surface area contributed by atoms with E-state index in [0.717, 1.165) is 16.3 Å². The van der Waals surface area contributed by atoms with Crippen LogP contribution in [0.1, 0.15) is 18.1 Å². The SMILES string of the molecule is CCSc1c(N(C=O)C=Nc2ccc(SC(F)(F)F)cc2C)nc2ncc(C)cn12. The zero-order chi connectivity index (χ0) is 21.9. The molecule has 1 aromatic carbocycles. The van der Waals surface area contributed by atoms with E-state index in [9.17, 15) is 18.0 Å². The first-order chi connectivity index (χ1) is 14.2. The van der Waals surface area contributed by atoms with Crippen LogP contribution in [0, 0.1) is 13.8 Å². The van der Waals surface area contributed by atoms with Crippen molar-refractivity contribution in [3.05, 3.63) is 41.7 Å². The number of aromatic nitrogens is 3. The van der Waals surface area contributed by atoms with Crippen LogP contribution in [-0.4, -0.2) is 38.4 Å². The van der Waals surface area contributed by atoms with Gasteiger partial charge in [0.05, 0.1) is 5.69 Å². The van der Waals surface area contributed by atoms with Crippen LogP contribution in [0.4, 0.5) is 24.7 Å². The van der Waals surface area contributed by atoms with Crippen LogP contribution in [0.3, 0.4) is 0 Å². The number of rotatable bonds is 7. The van der Waals surface area contributed by atoms with Crippen LogP contribution in [0.2, 0.25) is 0 Å². The molecule has 11 heteroatoms. The molecular formula is C19H18F3N5OS2. The molecule has 2 aromatic heterocycles. The fraction of sp³-hybridized carbons (Fsp3) is 0.263. The quantitative estimate of drug-likeness (QED) is 0.208. The van der Waals surface area contributed by atoms with Crippen molar-refractivity contribution in [3.63, 3.8) is 0 Å². The number of anilines is 1. The average molecular weight is 454 g/mol. The third kappa shape index (κ3) is 5.14. The van der Waals surface area contributed by atoms with Gasteiger partial charge in [0.15, 0.2) is 5.82 Å². The lowest BCUT2D eigenvalue weighted by Crippen LogP contribution is -2.19. The average Bonchev–Trinajstić information content (AvgIpc) is 3.00. The number of carbonyl (C=O) groups is 1. The minimum atomic E-state index is -4.35. The van der Waals surface area contributed by atoms with Crippen molar-refractivity contribution in [2.45, 2.75) is 36.2 Å². The first-order valence-corrected chi connectivity index (χ1v) is 10.6. The number of thioether (sulfide) groups is 2. The van der Waals surface area contributed by atoms with Gasteiger partial charge in [-0.05, 0) is 60.7 Å². The van der Waals surface area contributed by atoms with Crippen molar-refractivity contribution in [2.75, 3.05) is 10.7 Å². The Bertz CT molecular complexity index is 1100. The Morgan fingerprint density at radius 2 is 2.07 bits per heavy atom. The molecule has 0 spiro atoms. The second kappa shape index (κ2) is 9.09. The fourth-order valence-corrected chi connectivity index (χ4v) is 4.13. The standard InChI is InChI=1S/C19H18F3N5OS2/c1-4-29-17-16(25-18-23-8-12(2)9-27(17)18)26(11-28)10-24-15-6-5-14(7-13(15)3)30-19(20,21)22/h5-11H,4H2,1-3H3. The van der Waals surface area contributed by atoms with Crippen LogP contribution >= 0.6 is 23.5 Å². The minimum Gasteiger partial charge on any atom is -0.278 e. The molecule has 158 valence electrons. The Labute approximate surface area is 179 Å². The summed E-state index contributed by atoms with van der Waals surface area (Å²) >= 11 is 1.33. The van der Waals surface area contributed by atoms with Crippen LogP contribution in [0.5, 0.6) is 0 Å². The van der Waals surface area contributed by atoms with Crippen molar-refractivity contribution in [2.24, 2.45) is 4.99 Å². The molecule has 2 heterocycles. The molecule has 3 aromatic rings. The van der Waals surface area contributed by atoms with Crippen molar-refractivity contribution < 1.29 is 18.0 Å². The molecule has 6 nitrogen and oxygen atoms in total. The second-order valence-corrected chi connectivity index (χ2v) is 8.62. The van der Waals surface area contributed by atoms with E-state index >= 15 is 0 Å². The number of imidazole rings is 1. The molecule has 0 atom stereocenters. The summed E-state index contributed by atoms with van der Waals surface area (Å²) in [6, 6.07) is 4.24. The van der Waals surface area contributed by atoms with Gasteiger partial charge in [0.1, 0.15) is 11.4 Å². The maximum atomic E-state index is 12.5. The Morgan fingerprint density at radius 1 is 1.30 bits per heavy atom. The van der Waals surface area contributed by atoms with E-state index < -0.39 is 5.51 Å². The number of aliphatic imine (C=N–C) groups is 1. The number of nitrogens with zero attached hydrogens (tertiary/aromatic N) is 5. The number of fused-ring (bicyclic) bond motifs is 1. The zero-order valence-electron chi connectivity index (χ0n) is 16.3. The number of benzene rings is 1. The maximum absolute atomic E-state index is 12.5. The molecule has 1 amide bonds. The Morgan fingerprint density at radius 3 is 2.70 bits per heavy atom. The highest BCUT2D eigenvalue weighted by Crippen LogP contribution is 2.38. The second-order valence-electron chi connectivity index (χ2n) is 6.23. The number of carbonyl (C=O) groups excluding carboxylic acids is 1. The number of alkyl halides is 3. The summed E-state index contributed by atoms with van der Waals surface area (Å²) < 4.78 is 39.5. The van der Waals surface area contributed by atoms with Gasteiger partial charge in [0.2, 0.25) is 12.2 Å². The summed E-state index contributed by atoms with van der Waals surface area (Å²) in [5, 5.41) is 0.746. The van der Waals surface area contributed by atoms with E-state index in [4.69, 9.17) is 0 Å². The van der Waals surface area contributed by atoms with Gasteiger partial charge in [-0.3, -0.25) is 14.1 Å². The molecule has 3 rings (SSSR count). The van der Waals surface area contributed by atoms with Gasteiger partial charge in [-0.25, -0.2) is 9.98 Å². The van der Waals surface area contributed by atoms with Crippen molar-refractivity contribution in [1.29, 1.82) is 0 Å². The molecule has 0 aliphatic carbocycles. The summed E-state index contributed by atoms with van der Waals surface area (Å²) in [7, 11) is 0. The van der Waals surface area contributed by atoms with Crippen molar-refractivity contribution >= 4 is 53.6 Å². The van der Waals surface area contributed by atoms with Crippen molar-refractivity contribution in [1.82, 2.24) is 14.4 Å². The molecule has 30 heavy (non-hydrogen) atoms. The largest absolute Gasteiger partial charge is 0.446 e. The summed E-state index contributed by atoms with van der Waals surface area (Å²) in [6.07, 6.45) is 5.47. The first kappa shape index (κ1) is 22.2. The van der Waals surface area contributed by atoms with Gasteiger partial charge in [-0.1, -0.05) is 6.92 Å². The van der Waals surface area contributed by atoms with E-state index in [1.807, 2.05) is 24.4 Å².